The molecular weight excluding hydrogens is 985 g/mol. The first-order chi connectivity index (χ1) is 40.6. The fourth-order valence-electron chi connectivity index (χ4n) is 16.3. The molecule has 0 heterocycles. The van der Waals surface area contributed by atoms with Gasteiger partial charge in [0.15, 0.2) is 0 Å². The molecular formula is C82H58. The predicted molar refractivity (Wildman–Crippen MR) is 343 cm³/mol. The maximum Gasteiger partial charge on any atom is 0.0196 e. The van der Waals surface area contributed by atoms with Crippen molar-refractivity contribution in [2.45, 2.75) is 38.5 Å². The van der Waals surface area contributed by atoms with E-state index in [9.17, 15) is 0 Å². The molecule has 9 aromatic rings. The van der Waals surface area contributed by atoms with Gasteiger partial charge in [0.05, 0.1) is 0 Å². The number of rotatable bonds is 7. The highest BCUT2D eigenvalue weighted by Crippen LogP contribution is 2.62. The Morgan fingerprint density at radius 1 is 0.427 bits per heavy atom. The smallest absolute Gasteiger partial charge is 0.0196 e. The number of fused-ring (bicyclic) bond motifs is 8. The Balaban J connectivity index is 1.00. The highest BCUT2D eigenvalue weighted by Gasteiger charge is 2.45. The maximum atomic E-state index is 2.72. The van der Waals surface area contributed by atoms with Crippen LogP contribution >= 0.6 is 0 Å². The molecule has 9 aromatic carbocycles. The van der Waals surface area contributed by atoms with Gasteiger partial charge < -0.3 is 0 Å². The van der Waals surface area contributed by atoms with Crippen LogP contribution in [-0.2, 0) is 0 Å². The van der Waals surface area contributed by atoms with Gasteiger partial charge in [-0.25, -0.2) is 0 Å². The molecule has 0 aromatic heterocycles. The zero-order valence-corrected chi connectivity index (χ0v) is 45.8. The highest BCUT2D eigenvalue weighted by molar-refractivity contribution is 6.21. The summed E-state index contributed by atoms with van der Waals surface area (Å²) in [6, 6.07) is 72.1. The lowest BCUT2D eigenvalue weighted by molar-refractivity contribution is 0.576. The van der Waals surface area contributed by atoms with Gasteiger partial charge >= 0.3 is 0 Å². The van der Waals surface area contributed by atoms with Gasteiger partial charge in [0.1, 0.15) is 0 Å². The van der Waals surface area contributed by atoms with Crippen molar-refractivity contribution in [1.29, 1.82) is 0 Å². The molecule has 18 rings (SSSR count). The fourth-order valence-corrected chi connectivity index (χ4v) is 16.3. The largest absolute Gasteiger partial charge is 0.0842 e. The molecule has 0 bridgehead atoms. The van der Waals surface area contributed by atoms with Crippen molar-refractivity contribution in [2.75, 3.05) is 0 Å². The van der Waals surface area contributed by atoms with Crippen molar-refractivity contribution >= 4 is 33.1 Å². The number of hydrogen-bond donors (Lipinski definition) is 0. The van der Waals surface area contributed by atoms with Crippen LogP contribution in [0.2, 0.25) is 0 Å². The normalized spacial score (nSPS) is 20.8. The van der Waals surface area contributed by atoms with Gasteiger partial charge in [-0.15, -0.1) is 0 Å². The van der Waals surface area contributed by atoms with Gasteiger partial charge in [-0.2, -0.15) is 0 Å². The quantitative estimate of drug-likeness (QED) is 0.149. The molecule has 9 aliphatic carbocycles. The van der Waals surface area contributed by atoms with Gasteiger partial charge in [0.2, 0.25) is 0 Å². The van der Waals surface area contributed by atoms with E-state index in [0.29, 0.717) is 23.7 Å². The topological polar surface area (TPSA) is 0 Å². The van der Waals surface area contributed by atoms with Crippen LogP contribution in [0.5, 0.6) is 0 Å². The number of benzene rings is 9. The van der Waals surface area contributed by atoms with Crippen LogP contribution in [0.4, 0.5) is 0 Å². The molecule has 0 N–H and O–H groups in total. The van der Waals surface area contributed by atoms with E-state index in [2.05, 4.69) is 255 Å². The molecule has 82 heavy (non-hydrogen) atoms. The van der Waals surface area contributed by atoms with Crippen LogP contribution in [0.25, 0.3) is 111 Å². The van der Waals surface area contributed by atoms with Crippen molar-refractivity contribution in [2.24, 2.45) is 23.7 Å². The molecule has 0 saturated carbocycles. The van der Waals surface area contributed by atoms with Gasteiger partial charge in [-0.3, -0.25) is 0 Å². The lowest BCUT2D eigenvalue weighted by Crippen LogP contribution is -2.35. The van der Waals surface area contributed by atoms with Crippen LogP contribution in [0.3, 0.4) is 0 Å². The fraction of sp³-hybridized carbons (Fsp3) is 0.122. The summed E-state index contributed by atoms with van der Waals surface area (Å²) in [5, 5.41) is 5.53. The molecule has 0 fully saturated rings. The van der Waals surface area contributed by atoms with E-state index in [1.807, 2.05) is 0 Å². The number of allylic oxidation sites excluding steroid dienone is 18. The van der Waals surface area contributed by atoms with Crippen molar-refractivity contribution in [3.8, 4) is 77.9 Å². The maximum absolute atomic E-state index is 2.72. The molecule has 0 amide bonds. The third kappa shape index (κ3) is 6.97. The Morgan fingerprint density at radius 3 is 1.66 bits per heavy atom. The Bertz CT molecular complexity index is 4630. The average molecular weight is 1040 g/mol. The SMILES string of the molecule is C1=CCC(C2=CC3C=CC4=C5C6=C(CC4)c4cc7c(-c8cc(-c9ccccc9)cc(-c9ccccc9)c8)c8c(c(-c9cc(-c%10ccccc%10)cc(-c%10ccccc%10)c9)c7cc4C6=CC(=C2)C53)-c2cccc3c2=C8CC2CCC=CC=32)C=C1. The van der Waals surface area contributed by atoms with E-state index < -0.39 is 0 Å². The summed E-state index contributed by atoms with van der Waals surface area (Å²) in [6.45, 7) is 0. The minimum atomic E-state index is 0.346. The second-order valence-corrected chi connectivity index (χ2v) is 24.3. The van der Waals surface area contributed by atoms with E-state index in [0.717, 1.165) is 32.1 Å². The number of hydrogen-bond acceptors (Lipinski definition) is 0. The van der Waals surface area contributed by atoms with Crippen molar-refractivity contribution < 1.29 is 0 Å². The Labute approximate surface area is 480 Å². The second-order valence-electron chi connectivity index (χ2n) is 24.3. The van der Waals surface area contributed by atoms with E-state index in [-0.39, 0.29) is 0 Å². The zero-order valence-electron chi connectivity index (χ0n) is 45.8. The van der Waals surface area contributed by atoms with Crippen LogP contribution in [0, 0.1) is 23.7 Å². The summed E-state index contributed by atoms with van der Waals surface area (Å²) in [7, 11) is 0. The molecule has 0 radical (unpaired) electrons. The van der Waals surface area contributed by atoms with E-state index >= 15 is 0 Å². The van der Waals surface area contributed by atoms with E-state index in [4.69, 9.17) is 0 Å². The van der Waals surface area contributed by atoms with Gasteiger partial charge in [0, 0.05) is 17.8 Å². The van der Waals surface area contributed by atoms with Crippen molar-refractivity contribution in [1.82, 2.24) is 0 Å². The molecule has 9 aliphatic rings. The monoisotopic (exact) mass is 1040 g/mol. The third-order valence-corrected chi connectivity index (χ3v) is 19.9. The summed E-state index contributed by atoms with van der Waals surface area (Å²) in [5.74, 6) is 1.56. The summed E-state index contributed by atoms with van der Waals surface area (Å²) in [6.07, 6.45) is 33.5. The summed E-state index contributed by atoms with van der Waals surface area (Å²) < 4.78 is 0. The van der Waals surface area contributed by atoms with Crippen LogP contribution < -0.4 is 10.4 Å². The first-order valence-electron chi connectivity index (χ1n) is 30.0. The molecule has 0 saturated heterocycles. The summed E-state index contributed by atoms with van der Waals surface area (Å²) in [5.41, 5.74) is 35.7. The zero-order chi connectivity index (χ0) is 53.6. The Hall–Kier alpha value is -9.36. The molecule has 0 nitrogen and oxygen atoms in total. The molecule has 4 atom stereocenters. The van der Waals surface area contributed by atoms with E-state index in [1.165, 1.54) is 156 Å². The minimum Gasteiger partial charge on any atom is -0.0842 e. The average Bonchev–Trinajstić information content (AvgIpc) is 1.81. The van der Waals surface area contributed by atoms with Crippen molar-refractivity contribution in [3.05, 3.63) is 310 Å². The molecule has 0 heteroatoms. The van der Waals surface area contributed by atoms with Crippen molar-refractivity contribution in [3.63, 3.8) is 0 Å². The van der Waals surface area contributed by atoms with Crippen LogP contribution in [0.15, 0.2) is 283 Å². The van der Waals surface area contributed by atoms with Crippen LogP contribution in [-0.4, -0.2) is 0 Å². The van der Waals surface area contributed by atoms with E-state index in [1.54, 1.807) is 16.7 Å². The van der Waals surface area contributed by atoms with Gasteiger partial charge in [0.25, 0.3) is 0 Å². The molecule has 4 unspecified atom stereocenters. The van der Waals surface area contributed by atoms with Crippen LogP contribution in [0.1, 0.15) is 55.2 Å². The predicted octanol–water partition coefficient (Wildman–Crippen LogP) is 19.6. The second kappa shape index (κ2) is 18.1. The first-order valence-corrected chi connectivity index (χ1v) is 30.0. The minimum absolute atomic E-state index is 0.346. The molecule has 0 aliphatic heterocycles. The lowest BCUT2D eigenvalue weighted by Gasteiger charge is -2.41. The third-order valence-electron chi connectivity index (χ3n) is 19.9. The molecule has 0 spiro atoms. The standard InChI is InChI=1S/C82H58/c1-6-19-49(20-7-1)57-37-56-34-33-54-35-36-67-69-47-72-73(48-70(69)71-46-64(44-57)75(56)78(54)80(67)71)76(62-40-58(50-21-8-2-9-22-50)38-59(41-62)51-23-10-3-11-24-51)81-68-32-18-31-66-65-30-17-16-29-55(65)45-74(79(66)68)82(81)77(72)63-42-60(52-25-12-4-13-26-52)39-61(43-63)53-27-14-5-15-28-53/h1-15,17-19,21-28,30-34,37-44,46-49,55-56,75H,16,20,29,35-36,45H2. The van der Waals surface area contributed by atoms with Gasteiger partial charge in [-0.1, -0.05) is 200 Å². The molecule has 386 valence electrons. The van der Waals surface area contributed by atoms with Gasteiger partial charge in [-0.05, 0) is 265 Å². The Morgan fingerprint density at radius 2 is 1.04 bits per heavy atom. The highest BCUT2D eigenvalue weighted by atomic mass is 14.5. The summed E-state index contributed by atoms with van der Waals surface area (Å²) in [4.78, 5) is 0. The first kappa shape index (κ1) is 46.4. The summed E-state index contributed by atoms with van der Waals surface area (Å²) >= 11 is 0. The Kier molecular flexibility index (Phi) is 10.2. The lowest BCUT2D eigenvalue weighted by atomic mass is 9.62.